The van der Waals surface area contributed by atoms with Crippen LogP contribution >= 0.6 is 0 Å². The monoisotopic (exact) mass is 288 g/mol. The molecule has 0 spiro atoms. The summed E-state index contributed by atoms with van der Waals surface area (Å²) < 4.78 is 0. The van der Waals surface area contributed by atoms with Crippen molar-refractivity contribution in [3.63, 3.8) is 0 Å². The smallest absolute Gasteiger partial charge is 0.313 e. The second-order valence-electron chi connectivity index (χ2n) is 5.57. The average molecular weight is 288 g/mol. The SMILES string of the molecule is CC(=O)c1cccc(NC(=O)C(=O)N2CCC(C)CC2)c1. The van der Waals surface area contributed by atoms with E-state index in [4.69, 9.17) is 0 Å². The molecule has 2 amide bonds. The highest BCUT2D eigenvalue weighted by atomic mass is 16.2. The largest absolute Gasteiger partial charge is 0.334 e. The van der Waals surface area contributed by atoms with Crippen LogP contribution < -0.4 is 5.32 Å². The Bertz CT molecular complexity index is 560. The van der Waals surface area contributed by atoms with Crippen LogP contribution in [0.15, 0.2) is 24.3 Å². The lowest BCUT2D eigenvalue weighted by atomic mass is 9.99. The third-order valence-corrected chi connectivity index (χ3v) is 3.79. The van der Waals surface area contributed by atoms with Gasteiger partial charge in [-0.15, -0.1) is 0 Å². The van der Waals surface area contributed by atoms with Gasteiger partial charge in [0.2, 0.25) is 0 Å². The number of ketones is 1. The lowest BCUT2D eigenvalue weighted by Gasteiger charge is -2.29. The zero-order valence-corrected chi connectivity index (χ0v) is 12.4. The molecule has 1 N–H and O–H groups in total. The van der Waals surface area contributed by atoms with Crippen LogP contribution in [0.2, 0.25) is 0 Å². The predicted octanol–water partition coefficient (Wildman–Crippen LogP) is 2.09. The van der Waals surface area contributed by atoms with Gasteiger partial charge in [0.05, 0.1) is 0 Å². The van der Waals surface area contributed by atoms with Crippen LogP contribution in [-0.2, 0) is 9.59 Å². The molecule has 1 aromatic rings. The Morgan fingerprint density at radius 1 is 1.19 bits per heavy atom. The molecule has 1 heterocycles. The number of nitrogens with one attached hydrogen (secondary N) is 1. The Balaban J connectivity index is 1.99. The molecule has 5 heteroatoms. The van der Waals surface area contributed by atoms with E-state index in [2.05, 4.69) is 12.2 Å². The third-order valence-electron chi connectivity index (χ3n) is 3.79. The van der Waals surface area contributed by atoms with E-state index in [1.54, 1.807) is 29.2 Å². The van der Waals surface area contributed by atoms with E-state index in [-0.39, 0.29) is 5.78 Å². The van der Waals surface area contributed by atoms with Crippen LogP contribution in [0.3, 0.4) is 0 Å². The number of amides is 2. The number of piperidine rings is 1. The first-order valence-corrected chi connectivity index (χ1v) is 7.18. The van der Waals surface area contributed by atoms with Gasteiger partial charge in [-0.05, 0) is 37.8 Å². The number of nitrogens with zero attached hydrogens (tertiary/aromatic N) is 1. The number of Topliss-reactive ketones (excluding diaryl/α,β-unsaturated/α-hetero) is 1. The number of carbonyl (C=O) groups is 3. The molecule has 2 rings (SSSR count). The van der Waals surface area contributed by atoms with Gasteiger partial charge in [0.1, 0.15) is 0 Å². The fourth-order valence-electron chi connectivity index (χ4n) is 2.36. The molecule has 1 aromatic carbocycles. The standard InChI is InChI=1S/C16H20N2O3/c1-11-6-8-18(9-7-11)16(21)15(20)17-14-5-3-4-13(10-14)12(2)19/h3-5,10-11H,6-9H2,1-2H3,(H,17,20). The summed E-state index contributed by atoms with van der Waals surface area (Å²) in [4.78, 5) is 37.0. The summed E-state index contributed by atoms with van der Waals surface area (Å²) in [6.45, 7) is 4.86. The summed E-state index contributed by atoms with van der Waals surface area (Å²) in [5.41, 5.74) is 0.971. The van der Waals surface area contributed by atoms with Crippen molar-refractivity contribution in [1.29, 1.82) is 0 Å². The van der Waals surface area contributed by atoms with Gasteiger partial charge < -0.3 is 10.2 Å². The maximum absolute atomic E-state index is 12.1. The maximum Gasteiger partial charge on any atom is 0.313 e. The van der Waals surface area contributed by atoms with Crippen molar-refractivity contribution in [3.05, 3.63) is 29.8 Å². The Kier molecular flexibility index (Phi) is 4.73. The Morgan fingerprint density at radius 2 is 1.86 bits per heavy atom. The summed E-state index contributed by atoms with van der Waals surface area (Å²) in [6.07, 6.45) is 1.86. The topological polar surface area (TPSA) is 66.5 Å². The highest BCUT2D eigenvalue weighted by Gasteiger charge is 2.25. The van der Waals surface area contributed by atoms with Crippen molar-refractivity contribution in [3.8, 4) is 0 Å². The van der Waals surface area contributed by atoms with E-state index in [1.165, 1.54) is 6.92 Å². The summed E-state index contributed by atoms with van der Waals surface area (Å²) >= 11 is 0. The van der Waals surface area contributed by atoms with Gasteiger partial charge >= 0.3 is 11.8 Å². The van der Waals surface area contributed by atoms with Crippen LogP contribution in [-0.4, -0.2) is 35.6 Å². The third kappa shape index (κ3) is 3.90. The second-order valence-corrected chi connectivity index (χ2v) is 5.57. The molecular formula is C16H20N2O3. The van der Waals surface area contributed by atoms with Crippen molar-refractivity contribution in [2.45, 2.75) is 26.7 Å². The second kappa shape index (κ2) is 6.52. The van der Waals surface area contributed by atoms with E-state index in [0.29, 0.717) is 30.3 Å². The zero-order valence-electron chi connectivity index (χ0n) is 12.4. The Hall–Kier alpha value is -2.17. The number of anilines is 1. The minimum atomic E-state index is -0.648. The first-order valence-electron chi connectivity index (χ1n) is 7.18. The minimum absolute atomic E-state index is 0.0811. The molecule has 0 bridgehead atoms. The van der Waals surface area contributed by atoms with Crippen LogP contribution in [0.5, 0.6) is 0 Å². The summed E-state index contributed by atoms with van der Waals surface area (Å²) in [6, 6.07) is 6.59. The molecule has 112 valence electrons. The molecule has 0 atom stereocenters. The minimum Gasteiger partial charge on any atom is -0.334 e. The van der Waals surface area contributed by atoms with Gasteiger partial charge in [-0.25, -0.2) is 0 Å². The molecule has 0 saturated carbocycles. The van der Waals surface area contributed by atoms with Crippen LogP contribution in [0.25, 0.3) is 0 Å². The van der Waals surface area contributed by atoms with Gasteiger partial charge in [0.25, 0.3) is 0 Å². The quantitative estimate of drug-likeness (QED) is 0.669. The van der Waals surface area contributed by atoms with Crippen LogP contribution in [0, 0.1) is 5.92 Å². The van der Waals surface area contributed by atoms with Crippen molar-refractivity contribution in [2.75, 3.05) is 18.4 Å². The van der Waals surface area contributed by atoms with E-state index < -0.39 is 11.8 Å². The van der Waals surface area contributed by atoms with E-state index in [0.717, 1.165) is 12.8 Å². The van der Waals surface area contributed by atoms with Crippen LogP contribution in [0.4, 0.5) is 5.69 Å². The van der Waals surface area contributed by atoms with Crippen molar-refractivity contribution < 1.29 is 14.4 Å². The van der Waals surface area contributed by atoms with Gasteiger partial charge in [-0.3, -0.25) is 14.4 Å². The number of benzene rings is 1. The summed E-state index contributed by atoms with van der Waals surface area (Å²) in [5.74, 6) is -0.632. The van der Waals surface area contributed by atoms with Crippen molar-refractivity contribution >= 4 is 23.3 Å². The molecule has 21 heavy (non-hydrogen) atoms. The molecule has 0 unspecified atom stereocenters. The lowest BCUT2D eigenvalue weighted by Crippen LogP contribution is -2.43. The number of likely N-dealkylation sites (tertiary alicyclic amines) is 1. The highest BCUT2D eigenvalue weighted by Crippen LogP contribution is 2.17. The molecule has 0 aromatic heterocycles. The highest BCUT2D eigenvalue weighted by molar-refractivity contribution is 6.39. The maximum atomic E-state index is 12.1. The fourth-order valence-corrected chi connectivity index (χ4v) is 2.36. The van der Waals surface area contributed by atoms with Crippen molar-refractivity contribution in [1.82, 2.24) is 4.90 Å². The normalized spacial score (nSPS) is 15.6. The van der Waals surface area contributed by atoms with Gasteiger partial charge in [-0.2, -0.15) is 0 Å². The van der Waals surface area contributed by atoms with Crippen molar-refractivity contribution in [2.24, 2.45) is 5.92 Å². The van der Waals surface area contributed by atoms with E-state index >= 15 is 0 Å². The summed E-state index contributed by atoms with van der Waals surface area (Å²) in [5, 5.41) is 2.56. The molecular weight excluding hydrogens is 268 g/mol. The van der Waals surface area contributed by atoms with Gasteiger partial charge in [0.15, 0.2) is 5.78 Å². The molecule has 1 saturated heterocycles. The molecule has 1 aliphatic rings. The predicted molar refractivity (Wildman–Crippen MR) is 80.1 cm³/mol. The molecule has 0 aliphatic carbocycles. The lowest BCUT2D eigenvalue weighted by molar-refractivity contribution is -0.144. The average Bonchev–Trinajstić information content (AvgIpc) is 2.47. The number of rotatable bonds is 2. The van der Waals surface area contributed by atoms with E-state index in [9.17, 15) is 14.4 Å². The molecule has 0 radical (unpaired) electrons. The Labute approximate surface area is 124 Å². The first-order chi connectivity index (χ1) is 9.97. The van der Waals surface area contributed by atoms with E-state index in [1.807, 2.05) is 0 Å². The zero-order chi connectivity index (χ0) is 15.4. The van der Waals surface area contributed by atoms with Crippen LogP contribution in [0.1, 0.15) is 37.0 Å². The Morgan fingerprint density at radius 3 is 2.48 bits per heavy atom. The first kappa shape index (κ1) is 15.2. The molecule has 1 fully saturated rings. The number of hydrogen-bond acceptors (Lipinski definition) is 3. The molecule has 5 nitrogen and oxygen atoms in total. The summed E-state index contributed by atoms with van der Waals surface area (Å²) in [7, 11) is 0. The molecule has 1 aliphatic heterocycles. The van der Waals surface area contributed by atoms with Gasteiger partial charge in [0, 0.05) is 24.3 Å². The number of carbonyl (C=O) groups excluding carboxylic acids is 3. The van der Waals surface area contributed by atoms with Gasteiger partial charge in [-0.1, -0.05) is 19.1 Å². The number of hydrogen-bond donors (Lipinski definition) is 1. The fraction of sp³-hybridized carbons (Fsp3) is 0.438.